The molecule has 3 nitrogen and oxygen atoms in total. The minimum absolute atomic E-state index is 0.175. The first-order valence-corrected chi connectivity index (χ1v) is 5.47. The van der Waals surface area contributed by atoms with Crippen LogP contribution in [-0.2, 0) is 4.79 Å². The van der Waals surface area contributed by atoms with Gasteiger partial charge in [0.15, 0.2) is 6.04 Å². The van der Waals surface area contributed by atoms with E-state index in [9.17, 15) is 14.3 Å². The summed E-state index contributed by atoms with van der Waals surface area (Å²) in [5.41, 5.74) is 0.752. The van der Waals surface area contributed by atoms with Gasteiger partial charge in [-0.3, -0.25) is 0 Å². The summed E-state index contributed by atoms with van der Waals surface area (Å²) in [6, 6.07) is 13.7. The lowest BCUT2D eigenvalue weighted by atomic mass is 10.1. The topological polar surface area (TPSA) is 49.3 Å². The van der Waals surface area contributed by atoms with Crippen molar-refractivity contribution in [2.45, 2.75) is 6.04 Å². The van der Waals surface area contributed by atoms with Crippen molar-refractivity contribution in [3.63, 3.8) is 0 Å². The molecular weight excluding hydrogens is 233 g/mol. The molecule has 0 aromatic heterocycles. The second kappa shape index (κ2) is 5.31. The largest absolute Gasteiger partial charge is 0.479 e. The fraction of sp³-hybridized carbons (Fsp3) is 0.0714. The Bertz CT molecular complexity index is 543. The van der Waals surface area contributed by atoms with Crippen LogP contribution in [0.25, 0.3) is 0 Å². The summed E-state index contributed by atoms with van der Waals surface area (Å²) >= 11 is 0. The summed E-state index contributed by atoms with van der Waals surface area (Å²) in [4.78, 5) is 11.2. The fourth-order valence-corrected chi connectivity index (χ4v) is 1.67. The number of hydrogen-bond acceptors (Lipinski definition) is 2. The maximum atomic E-state index is 13.5. The number of carboxylic acids is 1. The summed E-state index contributed by atoms with van der Waals surface area (Å²) in [5, 5.41) is 11.9. The molecule has 0 radical (unpaired) electrons. The number of benzene rings is 2. The van der Waals surface area contributed by atoms with Crippen LogP contribution >= 0.6 is 0 Å². The molecule has 0 bridgehead atoms. The Labute approximate surface area is 104 Å². The first-order chi connectivity index (χ1) is 8.68. The van der Waals surface area contributed by atoms with Crippen LogP contribution in [0.2, 0.25) is 0 Å². The van der Waals surface area contributed by atoms with Gasteiger partial charge in [0.05, 0.1) is 5.69 Å². The molecule has 2 aromatic carbocycles. The van der Waals surface area contributed by atoms with Crippen molar-refractivity contribution in [2.75, 3.05) is 5.32 Å². The van der Waals surface area contributed by atoms with E-state index in [1.807, 2.05) is 0 Å². The highest BCUT2D eigenvalue weighted by atomic mass is 19.1. The van der Waals surface area contributed by atoms with E-state index >= 15 is 0 Å². The Morgan fingerprint density at radius 2 is 1.67 bits per heavy atom. The van der Waals surface area contributed by atoms with Crippen molar-refractivity contribution < 1.29 is 14.3 Å². The van der Waals surface area contributed by atoms with Gasteiger partial charge in [-0.2, -0.15) is 0 Å². The molecule has 0 aliphatic heterocycles. The Morgan fingerprint density at radius 3 is 2.28 bits per heavy atom. The van der Waals surface area contributed by atoms with Crippen LogP contribution in [0.5, 0.6) is 0 Å². The quantitative estimate of drug-likeness (QED) is 0.870. The second-order valence-electron chi connectivity index (χ2n) is 3.81. The summed E-state index contributed by atoms with van der Waals surface area (Å²) in [7, 11) is 0. The summed E-state index contributed by atoms with van der Waals surface area (Å²) in [6.45, 7) is 0. The van der Waals surface area contributed by atoms with E-state index < -0.39 is 17.8 Å². The summed E-state index contributed by atoms with van der Waals surface area (Å²) in [6.07, 6.45) is 0. The van der Waals surface area contributed by atoms with Gasteiger partial charge < -0.3 is 10.4 Å². The van der Waals surface area contributed by atoms with Gasteiger partial charge in [-0.25, -0.2) is 9.18 Å². The SMILES string of the molecule is O=C(O)[C@H](Nc1ccccc1F)c1ccccc1. The van der Waals surface area contributed by atoms with Gasteiger partial charge in [-0.15, -0.1) is 0 Å². The third-order valence-corrected chi connectivity index (χ3v) is 2.55. The molecule has 0 saturated carbocycles. The highest BCUT2D eigenvalue weighted by Crippen LogP contribution is 2.21. The molecule has 2 aromatic rings. The second-order valence-corrected chi connectivity index (χ2v) is 3.81. The predicted octanol–water partition coefficient (Wildman–Crippen LogP) is 3.06. The molecule has 0 spiro atoms. The number of rotatable bonds is 4. The minimum atomic E-state index is -1.05. The molecule has 4 heteroatoms. The average Bonchev–Trinajstić information content (AvgIpc) is 2.38. The zero-order valence-electron chi connectivity index (χ0n) is 9.51. The van der Waals surface area contributed by atoms with Crippen LogP contribution in [-0.4, -0.2) is 11.1 Å². The summed E-state index contributed by atoms with van der Waals surface area (Å²) < 4.78 is 13.5. The van der Waals surface area contributed by atoms with Crippen molar-refractivity contribution in [3.05, 3.63) is 66.0 Å². The van der Waals surface area contributed by atoms with Crippen molar-refractivity contribution in [1.29, 1.82) is 0 Å². The van der Waals surface area contributed by atoms with E-state index in [1.54, 1.807) is 42.5 Å². The Kier molecular flexibility index (Phi) is 3.57. The number of carboxylic acid groups (broad SMARTS) is 1. The zero-order valence-corrected chi connectivity index (χ0v) is 9.51. The number of aliphatic carboxylic acids is 1. The van der Waals surface area contributed by atoms with Crippen LogP contribution in [0.1, 0.15) is 11.6 Å². The molecule has 92 valence electrons. The van der Waals surface area contributed by atoms with Crippen molar-refractivity contribution in [2.24, 2.45) is 0 Å². The van der Waals surface area contributed by atoms with Crippen LogP contribution < -0.4 is 5.32 Å². The van der Waals surface area contributed by atoms with E-state index in [0.717, 1.165) is 0 Å². The third kappa shape index (κ3) is 2.66. The standard InChI is InChI=1S/C14H12FNO2/c15-11-8-4-5-9-12(11)16-13(14(17)18)10-6-2-1-3-7-10/h1-9,13,16H,(H,17,18)/t13-/m1/s1. The molecule has 0 saturated heterocycles. The van der Waals surface area contributed by atoms with E-state index in [2.05, 4.69) is 5.32 Å². The number of halogens is 1. The van der Waals surface area contributed by atoms with Crippen molar-refractivity contribution in [3.8, 4) is 0 Å². The van der Waals surface area contributed by atoms with Crippen LogP contribution in [0.15, 0.2) is 54.6 Å². The van der Waals surface area contributed by atoms with Crippen LogP contribution in [0.4, 0.5) is 10.1 Å². The van der Waals surface area contributed by atoms with Gasteiger partial charge in [-0.05, 0) is 17.7 Å². The molecule has 2 rings (SSSR count). The van der Waals surface area contributed by atoms with Gasteiger partial charge >= 0.3 is 5.97 Å². The number of para-hydroxylation sites is 1. The van der Waals surface area contributed by atoms with E-state index in [1.165, 1.54) is 12.1 Å². The van der Waals surface area contributed by atoms with E-state index in [-0.39, 0.29) is 5.69 Å². The van der Waals surface area contributed by atoms with Gasteiger partial charge in [0.2, 0.25) is 0 Å². The first kappa shape index (κ1) is 12.1. The molecule has 1 atom stereocenters. The maximum absolute atomic E-state index is 13.5. The van der Waals surface area contributed by atoms with Gasteiger partial charge in [0.1, 0.15) is 5.82 Å². The average molecular weight is 245 g/mol. The van der Waals surface area contributed by atoms with Gasteiger partial charge in [-0.1, -0.05) is 42.5 Å². The van der Waals surface area contributed by atoms with Crippen LogP contribution in [0.3, 0.4) is 0 Å². The van der Waals surface area contributed by atoms with E-state index in [0.29, 0.717) is 5.56 Å². The highest BCUT2D eigenvalue weighted by Gasteiger charge is 2.20. The first-order valence-electron chi connectivity index (χ1n) is 5.47. The normalized spacial score (nSPS) is 11.8. The lowest BCUT2D eigenvalue weighted by Crippen LogP contribution is -2.20. The third-order valence-electron chi connectivity index (χ3n) is 2.55. The number of hydrogen-bond donors (Lipinski definition) is 2. The highest BCUT2D eigenvalue weighted by molar-refractivity contribution is 5.79. The fourth-order valence-electron chi connectivity index (χ4n) is 1.67. The minimum Gasteiger partial charge on any atom is -0.479 e. The number of anilines is 1. The van der Waals surface area contributed by atoms with Crippen molar-refractivity contribution >= 4 is 11.7 Å². The molecule has 0 fully saturated rings. The molecular formula is C14H12FNO2. The Morgan fingerprint density at radius 1 is 1.06 bits per heavy atom. The van der Waals surface area contributed by atoms with Crippen LogP contribution in [0, 0.1) is 5.82 Å². The number of carbonyl (C=O) groups is 1. The number of nitrogens with one attached hydrogen (secondary N) is 1. The molecule has 2 N–H and O–H groups in total. The molecule has 0 aliphatic rings. The molecule has 18 heavy (non-hydrogen) atoms. The lowest BCUT2D eigenvalue weighted by Gasteiger charge is -2.16. The Balaban J connectivity index is 2.28. The summed E-state index contributed by atoms with van der Waals surface area (Å²) in [5.74, 6) is -1.52. The maximum Gasteiger partial charge on any atom is 0.330 e. The van der Waals surface area contributed by atoms with E-state index in [4.69, 9.17) is 0 Å². The zero-order chi connectivity index (χ0) is 13.0. The molecule has 0 heterocycles. The predicted molar refractivity (Wildman–Crippen MR) is 66.8 cm³/mol. The lowest BCUT2D eigenvalue weighted by molar-refractivity contribution is -0.138. The molecule has 0 amide bonds. The molecule has 0 unspecified atom stereocenters. The Hall–Kier alpha value is -2.36. The smallest absolute Gasteiger partial charge is 0.330 e. The van der Waals surface area contributed by atoms with Gasteiger partial charge in [0.25, 0.3) is 0 Å². The van der Waals surface area contributed by atoms with Gasteiger partial charge in [0, 0.05) is 0 Å². The monoisotopic (exact) mass is 245 g/mol. The van der Waals surface area contributed by atoms with Crippen molar-refractivity contribution in [1.82, 2.24) is 0 Å². The molecule has 0 aliphatic carbocycles.